The minimum atomic E-state index is -0.278. The number of benzene rings is 1. The van der Waals surface area contributed by atoms with Crippen LogP contribution in [0.4, 0.5) is 10.8 Å². The average molecular weight is 380 g/mol. The number of aromatic nitrogens is 2. The molecule has 3 aromatic rings. The number of hydrogen-bond acceptors (Lipinski definition) is 6. The van der Waals surface area contributed by atoms with Crippen molar-refractivity contribution in [3.05, 3.63) is 52.2 Å². The Balaban J connectivity index is 1.46. The number of carbonyl (C=O) groups excluding carboxylic acids is 2. The lowest BCUT2D eigenvalue weighted by molar-refractivity contribution is -0.115. The van der Waals surface area contributed by atoms with Gasteiger partial charge in [0.2, 0.25) is 11.8 Å². The molecule has 0 fully saturated rings. The van der Waals surface area contributed by atoms with E-state index in [-0.39, 0.29) is 11.8 Å². The average Bonchev–Trinajstić information content (AvgIpc) is 3.32. The van der Waals surface area contributed by atoms with E-state index in [0.717, 1.165) is 33.8 Å². The Hall–Kier alpha value is -3.26. The molecule has 2 amide bonds. The van der Waals surface area contributed by atoms with Crippen LogP contribution >= 0.6 is 11.3 Å². The summed E-state index contributed by atoms with van der Waals surface area (Å²) in [6.45, 7) is 3.62. The van der Waals surface area contributed by atoms with Crippen molar-refractivity contribution in [2.45, 2.75) is 20.3 Å². The van der Waals surface area contributed by atoms with Crippen LogP contribution in [-0.4, -0.2) is 22.0 Å². The number of anilines is 2. The van der Waals surface area contributed by atoms with E-state index in [1.165, 1.54) is 17.4 Å². The fourth-order valence-electron chi connectivity index (χ4n) is 2.89. The molecule has 2 N–H and O–H groups in total. The van der Waals surface area contributed by atoms with Gasteiger partial charge in [-0.15, -0.1) is 11.3 Å². The number of nitrogens with one attached hydrogen (secondary N) is 2. The van der Waals surface area contributed by atoms with Gasteiger partial charge < -0.3 is 9.84 Å². The molecule has 27 heavy (non-hydrogen) atoms. The molecule has 1 aliphatic heterocycles. The summed E-state index contributed by atoms with van der Waals surface area (Å²) in [6.07, 6.45) is 3.49. The zero-order chi connectivity index (χ0) is 19.0. The van der Waals surface area contributed by atoms with Crippen LogP contribution in [0.3, 0.4) is 0 Å². The highest BCUT2D eigenvalue weighted by Gasteiger charge is 2.18. The molecule has 0 spiro atoms. The van der Waals surface area contributed by atoms with Gasteiger partial charge in [-0.1, -0.05) is 11.2 Å². The van der Waals surface area contributed by atoms with Gasteiger partial charge in [-0.05, 0) is 37.6 Å². The largest absolute Gasteiger partial charge is 0.361 e. The first-order valence-corrected chi connectivity index (χ1v) is 9.18. The summed E-state index contributed by atoms with van der Waals surface area (Å²) in [4.78, 5) is 28.1. The maximum absolute atomic E-state index is 12.1. The second-order valence-corrected chi connectivity index (χ2v) is 7.05. The van der Waals surface area contributed by atoms with Crippen molar-refractivity contribution in [3.8, 4) is 11.3 Å². The van der Waals surface area contributed by atoms with Crippen molar-refractivity contribution in [2.24, 2.45) is 0 Å². The molecule has 3 heterocycles. The lowest BCUT2D eigenvalue weighted by Crippen LogP contribution is -2.07. The number of rotatable bonds is 4. The Labute approximate surface area is 159 Å². The van der Waals surface area contributed by atoms with Gasteiger partial charge in [0.05, 0.1) is 17.8 Å². The maximum Gasteiger partial charge on any atom is 0.250 e. The molecule has 0 unspecified atom stereocenters. The van der Waals surface area contributed by atoms with Crippen molar-refractivity contribution in [3.63, 3.8) is 0 Å². The Kier molecular flexibility index (Phi) is 4.33. The molecule has 0 saturated heterocycles. The quantitative estimate of drug-likeness (QED) is 0.675. The first kappa shape index (κ1) is 17.2. The van der Waals surface area contributed by atoms with E-state index in [4.69, 9.17) is 4.52 Å². The summed E-state index contributed by atoms with van der Waals surface area (Å²) in [5.41, 5.74) is 5.00. The molecule has 136 valence electrons. The van der Waals surface area contributed by atoms with Crippen LogP contribution in [0, 0.1) is 13.8 Å². The maximum atomic E-state index is 12.1. The van der Waals surface area contributed by atoms with E-state index < -0.39 is 0 Å². The van der Waals surface area contributed by atoms with Gasteiger partial charge in [0.25, 0.3) is 0 Å². The third-order valence-electron chi connectivity index (χ3n) is 4.25. The summed E-state index contributed by atoms with van der Waals surface area (Å²) in [7, 11) is 0. The lowest BCUT2D eigenvalue weighted by atomic mass is 10.1. The van der Waals surface area contributed by atoms with Crippen LogP contribution in [0.5, 0.6) is 0 Å². The molecule has 7 nitrogen and oxygen atoms in total. The third-order valence-corrected chi connectivity index (χ3v) is 5.01. The Bertz CT molecular complexity index is 1060. The SMILES string of the molecule is Cc1noc(C)c1C=CC(=O)Nc1nc(-c2ccc3c(c2)CC(=O)N3)cs1. The van der Waals surface area contributed by atoms with E-state index >= 15 is 0 Å². The fraction of sp³-hybridized carbons (Fsp3) is 0.158. The number of carbonyl (C=O) groups is 2. The van der Waals surface area contributed by atoms with Gasteiger partial charge in [0.15, 0.2) is 5.13 Å². The minimum Gasteiger partial charge on any atom is -0.361 e. The second-order valence-electron chi connectivity index (χ2n) is 6.20. The van der Waals surface area contributed by atoms with Crippen LogP contribution in [0.1, 0.15) is 22.6 Å². The van der Waals surface area contributed by atoms with Crippen molar-refractivity contribution < 1.29 is 14.1 Å². The van der Waals surface area contributed by atoms with Gasteiger partial charge in [-0.3, -0.25) is 14.9 Å². The van der Waals surface area contributed by atoms with Crippen LogP contribution < -0.4 is 10.6 Å². The minimum absolute atomic E-state index is 0.00142. The highest BCUT2D eigenvalue weighted by atomic mass is 32.1. The smallest absolute Gasteiger partial charge is 0.250 e. The zero-order valence-electron chi connectivity index (χ0n) is 14.7. The highest BCUT2D eigenvalue weighted by Crippen LogP contribution is 2.30. The summed E-state index contributed by atoms with van der Waals surface area (Å²) in [5, 5.41) is 11.8. The Morgan fingerprint density at radius 3 is 3.00 bits per heavy atom. The molecule has 4 rings (SSSR count). The fourth-order valence-corrected chi connectivity index (χ4v) is 3.61. The topological polar surface area (TPSA) is 97.1 Å². The molecule has 2 aromatic heterocycles. The number of fused-ring (bicyclic) bond motifs is 1. The molecule has 8 heteroatoms. The first-order valence-electron chi connectivity index (χ1n) is 8.30. The lowest BCUT2D eigenvalue weighted by Gasteiger charge is -2.01. The predicted octanol–water partition coefficient (Wildman–Crippen LogP) is 3.56. The molecular formula is C19H16N4O3S. The Morgan fingerprint density at radius 2 is 2.22 bits per heavy atom. The molecule has 1 aliphatic rings. The van der Waals surface area contributed by atoms with Gasteiger partial charge in [0.1, 0.15) is 5.76 Å². The molecule has 0 bridgehead atoms. The number of thiazole rings is 1. The summed E-state index contributed by atoms with van der Waals surface area (Å²) >= 11 is 1.35. The molecule has 1 aromatic carbocycles. The van der Waals surface area contributed by atoms with E-state index in [1.54, 1.807) is 13.0 Å². The van der Waals surface area contributed by atoms with E-state index in [1.807, 2.05) is 30.5 Å². The van der Waals surface area contributed by atoms with E-state index in [9.17, 15) is 9.59 Å². The second kappa shape index (κ2) is 6.81. The van der Waals surface area contributed by atoms with Gasteiger partial charge in [0, 0.05) is 28.3 Å². The normalized spacial score (nSPS) is 13.0. The van der Waals surface area contributed by atoms with Gasteiger partial charge >= 0.3 is 0 Å². The van der Waals surface area contributed by atoms with E-state index in [2.05, 4.69) is 20.8 Å². The monoisotopic (exact) mass is 380 g/mol. The molecule has 0 saturated carbocycles. The number of nitrogens with zero attached hydrogens (tertiary/aromatic N) is 2. The predicted molar refractivity (Wildman–Crippen MR) is 104 cm³/mol. The standard InChI is InChI=1S/C19H16N4O3S/c1-10-14(11(2)26-23-10)4-6-17(24)22-19-21-16(9-27-19)12-3-5-15-13(7-12)8-18(25)20-15/h3-7,9H,8H2,1-2H3,(H,20,25)(H,21,22,24). The number of aryl methyl sites for hydroxylation is 2. The van der Waals surface area contributed by atoms with E-state index in [0.29, 0.717) is 17.3 Å². The van der Waals surface area contributed by atoms with Crippen LogP contribution in [0.15, 0.2) is 34.2 Å². The van der Waals surface area contributed by atoms with Crippen molar-refractivity contribution in [1.29, 1.82) is 0 Å². The molecule has 0 radical (unpaired) electrons. The first-order chi connectivity index (χ1) is 13.0. The van der Waals surface area contributed by atoms with Gasteiger partial charge in [-0.2, -0.15) is 0 Å². The number of amides is 2. The summed E-state index contributed by atoms with van der Waals surface area (Å²) in [6, 6.07) is 5.73. The third kappa shape index (κ3) is 3.52. The number of hydrogen-bond donors (Lipinski definition) is 2. The van der Waals surface area contributed by atoms with Crippen LogP contribution in [0.25, 0.3) is 17.3 Å². The van der Waals surface area contributed by atoms with Crippen molar-refractivity contribution in [2.75, 3.05) is 10.6 Å². The van der Waals surface area contributed by atoms with Crippen molar-refractivity contribution >= 4 is 40.0 Å². The van der Waals surface area contributed by atoms with Crippen molar-refractivity contribution in [1.82, 2.24) is 10.1 Å². The molecule has 0 aliphatic carbocycles. The van der Waals surface area contributed by atoms with Crippen LogP contribution in [0.2, 0.25) is 0 Å². The highest BCUT2D eigenvalue weighted by molar-refractivity contribution is 7.14. The molecular weight excluding hydrogens is 364 g/mol. The Morgan fingerprint density at radius 1 is 1.37 bits per heavy atom. The van der Waals surface area contributed by atoms with Crippen LogP contribution in [-0.2, 0) is 16.0 Å². The summed E-state index contributed by atoms with van der Waals surface area (Å²) < 4.78 is 5.07. The van der Waals surface area contributed by atoms with Gasteiger partial charge in [-0.25, -0.2) is 4.98 Å². The zero-order valence-corrected chi connectivity index (χ0v) is 15.5. The molecule has 0 atom stereocenters. The summed E-state index contributed by atoms with van der Waals surface area (Å²) in [5.74, 6) is 0.385.